The van der Waals surface area contributed by atoms with Crippen LogP contribution in [0, 0.1) is 6.92 Å². The molecule has 0 spiro atoms. The van der Waals surface area contributed by atoms with E-state index in [1.807, 2.05) is 42.4 Å². The average Bonchev–Trinajstić information content (AvgIpc) is 3.01. The largest absolute Gasteiger partial charge is 0.497 e. The molecule has 1 aromatic heterocycles. The summed E-state index contributed by atoms with van der Waals surface area (Å²) in [6.45, 7) is 4.14. The molecule has 0 bridgehead atoms. The first-order chi connectivity index (χ1) is 13.1. The predicted molar refractivity (Wildman–Crippen MR) is 128 cm³/mol. The highest BCUT2D eigenvalue weighted by Gasteiger charge is 2.05. The van der Waals surface area contributed by atoms with Crippen LogP contribution in [0.5, 0.6) is 5.75 Å². The number of hydrogen-bond acceptors (Lipinski definition) is 5. The van der Waals surface area contributed by atoms with Crippen molar-refractivity contribution in [2.75, 3.05) is 32.2 Å². The van der Waals surface area contributed by atoms with E-state index in [1.165, 1.54) is 5.56 Å². The molecule has 0 saturated carbocycles. The first kappa shape index (κ1) is 24.5. The van der Waals surface area contributed by atoms with Gasteiger partial charge >= 0.3 is 0 Å². The van der Waals surface area contributed by atoms with Crippen molar-refractivity contribution in [2.24, 2.45) is 12.0 Å². The third kappa shape index (κ3) is 8.26. The summed E-state index contributed by atoms with van der Waals surface area (Å²) in [7, 11) is 3.64. The van der Waals surface area contributed by atoms with Crippen molar-refractivity contribution in [1.82, 2.24) is 25.4 Å². The summed E-state index contributed by atoms with van der Waals surface area (Å²) in [5.74, 6) is 4.57. The molecule has 0 amide bonds. The van der Waals surface area contributed by atoms with Gasteiger partial charge in [-0.2, -0.15) is 11.8 Å². The second kappa shape index (κ2) is 13.6. The molecule has 1 aromatic carbocycles. The van der Waals surface area contributed by atoms with E-state index in [1.54, 1.807) is 7.11 Å². The first-order valence-corrected chi connectivity index (χ1v) is 10.5. The number of aryl methyl sites for hydroxylation is 1. The zero-order valence-corrected chi connectivity index (χ0v) is 20.2. The van der Waals surface area contributed by atoms with Crippen LogP contribution in [-0.4, -0.2) is 52.9 Å². The van der Waals surface area contributed by atoms with Crippen molar-refractivity contribution < 1.29 is 4.74 Å². The van der Waals surface area contributed by atoms with Crippen molar-refractivity contribution in [3.8, 4) is 5.75 Å². The maximum Gasteiger partial charge on any atom is 0.191 e. The number of aliphatic imine (C=N–C) groups is 1. The van der Waals surface area contributed by atoms with Gasteiger partial charge in [0, 0.05) is 20.1 Å². The highest BCUT2D eigenvalue weighted by Crippen LogP contribution is 2.11. The number of ether oxygens (including phenoxy) is 1. The van der Waals surface area contributed by atoms with E-state index < -0.39 is 0 Å². The molecule has 2 aromatic rings. The van der Waals surface area contributed by atoms with Crippen LogP contribution in [0.2, 0.25) is 0 Å². The van der Waals surface area contributed by atoms with Crippen LogP contribution in [0.1, 0.15) is 23.6 Å². The molecule has 1 heterocycles. The summed E-state index contributed by atoms with van der Waals surface area (Å²) in [5, 5.41) is 15.1. The van der Waals surface area contributed by atoms with E-state index in [0.29, 0.717) is 6.54 Å². The first-order valence-electron chi connectivity index (χ1n) is 9.13. The third-order valence-corrected chi connectivity index (χ3v) is 4.94. The molecule has 7 nitrogen and oxygen atoms in total. The molecule has 0 aliphatic heterocycles. The molecule has 0 aliphatic rings. The van der Waals surface area contributed by atoms with Gasteiger partial charge in [0.15, 0.2) is 11.8 Å². The van der Waals surface area contributed by atoms with Crippen molar-refractivity contribution in [1.29, 1.82) is 0 Å². The van der Waals surface area contributed by atoms with Crippen LogP contribution in [0.25, 0.3) is 0 Å². The SMILES string of the molecule is COc1ccc(CCNC(=NCc2nnc(C)n2C)NCCCSC)cc1.I. The van der Waals surface area contributed by atoms with Gasteiger partial charge in [0.2, 0.25) is 0 Å². The van der Waals surface area contributed by atoms with Crippen LogP contribution in [0.3, 0.4) is 0 Å². The van der Waals surface area contributed by atoms with Crippen LogP contribution in [0.4, 0.5) is 0 Å². The molecular formula is C19H31IN6OS. The van der Waals surface area contributed by atoms with Gasteiger partial charge in [-0.05, 0) is 49.5 Å². The number of nitrogens with zero attached hydrogens (tertiary/aromatic N) is 4. The number of nitrogens with one attached hydrogen (secondary N) is 2. The van der Waals surface area contributed by atoms with Crippen LogP contribution in [0.15, 0.2) is 29.3 Å². The Labute approximate surface area is 189 Å². The number of thioether (sulfide) groups is 1. The normalized spacial score (nSPS) is 11.1. The van der Waals surface area contributed by atoms with Gasteiger partial charge in [-0.15, -0.1) is 34.2 Å². The van der Waals surface area contributed by atoms with Gasteiger partial charge in [-0.3, -0.25) is 0 Å². The molecule has 2 rings (SSSR count). The molecule has 2 N–H and O–H groups in total. The highest BCUT2D eigenvalue weighted by molar-refractivity contribution is 14.0. The standard InChI is InChI=1S/C19H30N6OS.HI/c1-15-23-24-18(25(15)2)14-22-19(20-11-5-13-27-4)21-12-10-16-6-8-17(26-3)9-7-16;/h6-9H,5,10-14H2,1-4H3,(H2,20,21,22);1H. The minimum atomic E-state index is 0. The molecule has 156 valence electrons. The van der Waals surface area contributed by atoms with Crippen molar-refractivity contribution in [3.63, 3.8) is 0 Å². The number of methoxy groups -OCH3 is 1. The number of guanidine groups is 1. The lowest BCUT2D eigenvalue weighted by Crippen LogP contribution is -2.39. The van der Waals surface area contributed by atoms with E-state index in [-0.39, 0.29) is 24.0 Å². The Kier molecular flexibility index (Phi) is 12.0. The van der Waals surface area contributed by atoms with E-state index in [0.717, 1.165) is 55.0 Å². The van der Waals surface area contributed by atoms with Gasteiger partial charge in [0.25, 0.3) is 0 Å². The quantitative estimate of drug-likeness (QED) is 0.218. The fourth-order valence-electron chi connectivity index (χ4n) is 2.45. The van der Waals surface area contributed by atoms with Gasteiger partial charge in [0.1, 0.15) is 18.1 Å². The third-order valence-electron chi connectivity index (χ3n) is 4.24. The summed E-state index contributed by atoms with van der Waals surface area (Å²) in [4.78, 5) is 4.67. The minimum absolute atomic E-state index is 0. The molecule has 0 radical (unpaired) electrons. The molecule has 0 aliphatic carbocycles. The minimum Gasteiger partial charge on any atom is -0.497 e. The summed E-state index contributed by atoms with van der Waals surface area (Å²) < 4.78 is 7.17. The Morgan fingerprint density at radius 2 is 1.89 bits per heavy atom. The smallest absolute Gasteiger partial charge is 0.191 e. The zero-order valence-electron chi connectivity index (χ0n) is 17.1. The fraction of sp³-hybridized carbons (Fsp3) is 0.526. The van der Waals surface area contributed by atoms with Crippen molar-refractivity contribution >= 4 is 41.7 Å². The summed E-state index contributed by atoms with van der Waals surface area (Å²) in [6, 6.07) is 8.15. The van der Waals surface area contributed by atoms with Gasteiger partial charge in [-0.1, -0.05) is 12.1 Å². The van der Waals surface area contributed by atoms with Gasteiger partial charge in [0.05, 0.1) is 7.11 Å². The summed E-state index contributed by atoms with van der Waals surface area (Å²) in [6.07, 6.45) is 4.14. The van der Waals surface area contributed by atoms with Crippen LogP contribution >= 0.6 is 35.7 Å². The second-order valence-corrected chi connectivity index (χ2v) is 7.17. The average molecular weight is 518 g/mol. The predicted octanol–water partition coefficient (Wildman–Crippen LogP) is 2.78. The molecule has 0 atom stereocenters. The number of rotatable bonds is 10. The Morgan fingerprint density at radius 1 is 1.18 bits per heavy atom. The van der Waals surface area contributed by atoms with Gasteiger partial charge < -0.3 is 19.9 Å². The Balaban J connectivity index is 0.00000392. The summed E-state index contributed by atoms with van der Waals surface area (Å²) in [5.41, 5.74) is 1.26. The molecule has 0 saturated heterocycles. The van der Waals surface area contributed by atoms with E-state index in [4.69, 9.17) is 4.74 Å². The van der Waals surface area contributed by atoms with E-state index >= 15 is 0 Å². The maximum atomic E-state index is 5.20. The fourth-order valence-corrected chi connectivity index (χ4v) is 2.89. The number of halogens is 1. The zero-order chi connectivity index (χ0) is 19.5. The Hall–Kier alpha value is -1.49. The summed E-state index contributed by atoms with van der Waals surface area (Å²) >= 11 is 1.85. The lowest BCUT2D eigenvalue weighted by molar-refractivity contribution is 0.414. The van der Waals surface area contributed by atoms with Crippen molar-refractivity contribution in [2.45, 2.75) is 26.3 Å². The Morgan fingerprint density at radius 3 is 2.50 bits per heavy atom. The number of aromatic nitrogens is 3. The second-order valence-electron chi connectivity index (χ2n) is 6.19. The van der Waals surface area contributed by atoms with Crippen molar-refractivity contribution in [3.05, 3.63) is 41.5 Å². The lowest BCUT2D eigenvalue weighted by atomic mass is 10.1. The molecular weight excluding hydrogens is 487 g/mol. The van der Waals surface area contributed by atoms with Crippen LogP contribution in [-0.2, 0) is 20.0 Å². The number of hydrogen-bond donors (Lipinski definition) is 2. The number of benzene rings is 1. The highest BCUT2D eigenvalue weighted by atomic mass is 127. The van der Waals surface area contributed by atoms with E-state index in [2.05, 4.69) is 44.2 Å². The van der Waals surface area contributed by atoms with Gasteiger partial charge in [-0.25, -0.2) is 4.99 Å². The lowest BCUT2D eigenvalue weighted by Gasteiger charge is -2.13. The van der Waals surface area contributed by atoms with E-state index in [9.17, 15) is 0 Å². The molecule has 28 heavy (non-hydrogen) atoms. The van der Waals surface area contributed by atoms with Crippen LogP contribution < -0.4 is 15.4 Å². The Bertz CT molecular complexity index is 720. The maximum absolute atomic E-state index is 5.20. The molecule has 0 unspecified atom stereocenters. The molecule has 9 heteroatoms. The molecule has 0 fully saturated rings. The topological polar surface area (TPSA) is 76.4 Å². The monoisotopic (exact) mass is 518 g/mol.